The van der Waals surface area contributed by atoms with E-state index in [1.165, 1.54) is 0 Å². The first kappa shape index (κ1) is 14.2. The van der Waals surface area contributed by atoms with Crippen molar-refractivity contribution in [1.82, 2.24) is 5.32 Å². The molecule has 0 saturated carbocycles. The van der Waals surface area contributed by atoms with E-state index in [9.17, 15) is 9.59 Å². The van der Waals surface area contributed by atoms with Gasteiger partial charge in [-0.3, -0.25) is 4.79 Å². The van der Waals surface area contributed by atoms with E-state index in [0.717, 1.165) is 4.90 Å². The summed E-state index contributed by atoms with van der Waals surface area (Å²) in [6.07, 6.45) is 1.08. The van der Waals surface area contributed by atoms with Gasteiger partial charge >= 0.3 is 6.03 Å². The van der Waals surface area contributed by atoms with Crippen LogP contribution in [0.1, 0.15) is 26.7 Å². The molecule has 1 aliphatic heterocycles. The molecule has 0 bridgehead atoms. The average molecular weight is 301 g/mol. The number of halogens is 2. The van der Waals surface area contributed by atoms with E-state index in [1.54, 1.807) is 18.2 Å². The zero-order chi connectivity index (χ0) is 14.2. The van der Waals surface area contributed by atoms with Crippen molar-refractivity contribution in [2.24, 2.45) is 0 Å². The summed E-state index contributed by atoms with van der Waals surface area (Å²) in [5.41, 5.74) is -0.435. The number of rotatable bonds is 3. The van der Waals surface area contributed by atoms with Crippen molar-refractivity contribution in [3.05, 3.63) is 28.2 Å². The van der Waals surface area contributed by atoms with Gasteiger partial charge in [0.05, 0.1) is 5.69 Å². The summed E-state index contributed by atoms with van der Waals surface area (Å²) in [7, 11) is 0. The van der Waals surface area contributed by atoms with Crippen LogP contribution in [-0.2, 0) is 4.79 Å². The lowest BCUT2D eigenvalue weighted by atomic mass is 9.93. The lowest BCUT2D eigenvalue weighted by Gasteiger charge is -2.23. The highest BCUT2D eigenvalue weighted by Gasteiger charge is 2.49. The van der Waals surface area contributed by atoms with Crippen molar-refractivity contribution in [3.63, 3.8) is 0 Å². The molecule has 0 aromatic heterocycles. The summed E-state index contributed by atoms with van der Waals surface area (Å²) in [5, 5.41) is 3.52. The smallest absolute Gasteiger partial charge is 0.323 e. The Kier molecular flexibility index (Phi) is 3.74. The summed E-state index contributed by atoms with van der Waals surface area (Å²) in [6.45, 7) is 3.74. The second kappa shape index (κ2) is 5.02. The Labute approximate surface area is 121 Å². The zero-order valence-corrected chi connectivity index (χ0v) is 12.2. The fraction of sp³-hybridized carbons (Fsp3) is 0.385. The van der Waals surface area contributed by atoms with Crippen LogP contribution in [0.5, 0.6) is 0 Å². The van der Waals surface area contributed by atoms with Gasteiger partial charge in [0.1, 0.15) is 5.54 Å². The number of carbonyl (C=O) groups is 2. The number of benzene rings is 1. The highest BCUT2D eigenvalue weighted by atomic mass is 35.5. The van der Waals surface area contributed by atoms with Crippen LogP contribution in [0.4, 0.5) is 10.5 Å². The fourth-order valence-electron chi connectivity index (χ4n) is 2.25. The van der Waals surface area contributed by atoms with Crippen LogP contribution in [-0.4, -0.2) is 17.5 Å². The van der Waals surface area contributed by atoms with Crippen LogP contribution in [0.15, 0.2) is 18.2 Å². The number of anilines is 1. The van der Waals surface area contributed by atoms with E-state index in [2.05, 4.69) is 5.32 Å². The molecule has 1 N–H and O–H groups in total. The van der Waals surface area contributed by atoms with Crippen LogP contribution < -0.4 is 10.2 Å². The summed E-state index contributed by atoms with van der Waals surface area (Å²) in [6, 6.07) is 4.21. The lowest BCUT2D eigenvalue weighted by Crippen LogP contribution is -2.45. The Morgan fingerprint density at radius 1 is 1.11 bits per heavy atom. The maximum atomic E-state index is 12.5. The highest BCUT2D eigenvalue weighted by Crippen LogP contribution is 2.32. The number of hydrogen-bond acceptors (Lipinski definition) is 2. The van der Waals surface area contributed by atoms with Gasteiger partial charge in [-0.1, -0.05) is 37.0 Å². The molecule has 1 aromatic carbocycles. The predicted molar refractivity (Wildman–Crippen MR) is 75.8 cm³/mol. The third-order valence-electron chi connectivity index (χ3n) is 3.47. The molecule has 1 saturated heterocycles. The number of urea groups is 1. The summed E-state index contributed by atoms with van der Waals surface area (Å²) in [5.74, 6) is -0.263. The molecule has 1 aromatic rings. The summed E-state index contributed by atoms with van der Waals surface area (Å²) >= 11 is 11.8. The maximum absolute atomic E-state index is 12.5. The van der Waals surface area contributed by atoms with Crippen molar-refractivity contribution < 1.29 is 9.59 Å². The lowest BCUT2D eigenvalue weighted by molar-refractivity contribution is -0.122. The van der Waals surface area contributed by atoms with Gasteiger partial charge in [-0.05, 0) is 31.0 Å². The number of nitrogens with one attached hydrogen (secondary N) is 1. The molecule has 0 aliphatic carbocycles. The molecule has 0 unspecified atom stereocenters. The Hall–Kier alpha value is -1.26. The normalized spacial score (nSPS) is 17.8. The Morgan fingerprint density at radius 3 is 2.05 bits per heavy atom. The molecule has 102 valence electrons. The molecule has 0 spiro atoms. The number of imide groups is 1. The molecule has 3 amide bonds. The van der Waals surface area contributed by atoms with Crippen molar-refractivity contribution in [1.29, 1.82) is 0 Å². The van der Waals surface area contributed by atoms with E-state index < -0.39 is 11.6 Å². The van der Waals surface area contributed by atoms with Crippen LogP contribution in [0, 0.1) is 0 Å². The summed E-state index contributed by atoms with van der Waals surface area (Å²) in [4.78, 5) is 25.6. The largest absolute Gasteiger partial charge is 0.329 e. The Balaban J connectivity index is 2.46. The van der Waals surface area contributed by atoms with E-state index in [4.69, 9.17) is 23.2 Å². The monoisotopic (exact) mass is 300 g/mol. The second-order valence-electron chi connectivity index (χ2n) is 4.49. The molecule has 19 heavy (non-hydrogen) atoms. The molecule has 1 aliphatic rings. The van der Waals surface area contributed by atoms with Gasteiger partial charge < -0.3 is 5.32 Å². The molecule has 1 heterocycles. The van der Waals surface area contributed by atoms with E-state index >= 15 is 0 Å². The van der Waals surface area contributed by atoms with E-state index in [0.29, 0.717) is 28.6 Å². The van der Waals surface area contributed by atoms with Crippen LogP contribution >= 0.6 is 23.2 Å². The topological polar surface area (TPSA) is 49.4 Å². The quantitative estimate of drug-likeness (QED) is 0.867. The van der Waals surface area contributed by atoms with Gasteiger partial charge in [-0.2, -0.15) is 0 Å². The highest BCUT2D eigenvalue weighted by molar-refractivity contribution is 6.35. The molecular weight excluding hydrogens is 287 g/mol. The van der Waals surface area contributed by atoms with Crippen molar-refractivity contribution in [3.8, 4) is 0 Å². The molecule has 1 fully saturated rings. The predicted octanol–water partition coefficient (Wildman–Crippen LogP) is 3.61. The van der Waals surface area contributed by atoms with Gasteiger partial charge in [0, 0.05) is 10.0 Å². The third-order valence-corrected chi connectivity index (χ3v) is 3.91. The first-order valence-electron chi connectivity index (χ1n) is 6.06. The SMILES string of the molecule is CCC1(CC)NC(=O)N(c2cc(Cl)cc(Cl)c2)C1=O. The van der Waals surface area contributed by atoms with Gasteiger partial charge in [-0.15, -0.1) is 0 Å². The van der Waals surface area contributed by atoms with Crippen molar-refractivity contribution in [2.45, 2.75) is 32.2 Å². The molecule has 0 radical (unpaired) electrons. The molecule has 6 heteroatoms. The second-order valence-corrected chi connectivity index (χ2v) is 5.36. The van der Waals surface area contributed by atoms with Crippen LogP contribution in [0.25, 0.3) is 0 Å². The summed E-state index contributed by atoms with van der Waals surface area (Å²) < 4.78 is 0. The first-order chi connectivity index (χ1) is 8.93. The Bertz CT molecular complexity index is 521. The van der Waals surface area contributed by atoms with E-state index in [-0.39, 0.29) is 5.91 Å². The zero-order valence-electron chi connectivity index (χ0n) is 10.7. The number of carbonyl (C=O) groups excluding carboxylic acids is 2. The fourth-order valence-corrected chi connectivity index (χ4v) is 2.77. The third kappa shape index (κ3) is 2.30. The van der Waals surface area contributed by atoms with E-state index in [1.807, 2.05) is 13.8 Å². The molecule has 0 atom stereocenters. The first-order valence-corrected chi connectivity index (χ1v) is 6.82. The van der Waals surface area contributed by atoms with Gasteiger partial charge in [0.15, 0.2) is 0 Å². The van der Waals surface area contributed by atoms with Gasteiger partial charge in [0.25, 0.3) is 5.91 Å². The maximum Gasteiger partial charge on any atom is 0.329 e. The number of nitrogens with zero attached hydrogens (tertiary/aromatic N) is 1. The standard InChI is InChI=1S/C13H14Cl2N2O2/c1-3-13(4-2)11(18)17(12(19)16-13)10-6-8(14)5-9(15)7-10/h5-7H,3-4H2,1-2H3,(H,16,19). The van der Waals surface area contributed by atoms with Gasteiger partial charge in [0.2, 0.25) is 0 Å². The minimum atomic E-state index is -0.828. The minimum absolute atomic E-state index is 0.263. The number of hydrogen-bond donors (Lipinski definition) is 1. The van der Waals surface area contributed by atoms with Crippen molar-refractivity contribution in [2.75, 3.05) is 4.90 Å². The van der Waals surface area contributed by atoms with Gasteiger partial charge in [-0.25, -0.2) is 9.69 Å². The number of amides is 3. The van der Waals surface area contributed by atoms with Crippen LogP contribution in [0.2, 0.25) is 10.0 Å². The van der Waals surface area contributed by atoms with Crippen LogP contribution in [0.3, 0.4) is 0 Å². The molecule has 4 nitrogen and oxygen atoms in total. The Morgan fingerprint density at radius 2 is 1.63 bits per heavy atom. The van der Waals surface area contributed by atoms with Crippen molar-refractivity contribution >= 4 is 40.8 Å². The average Bonchev–Trinajstić information content (AvgIpc) is 2.60. The molecular formula is C13H14Cl2N2O2. The molecule has 2 rings (SSSR count). The minimum Gasteiger partial charge on any atom is -0.323 e.